The van der Waals surface area contributed by atoms with Gasteiger partial charge in [-0.05, 0) is 38.0 Å². The van der Waals surface area contributed by atoms with Gasteiger partial charge in [0.1, 0.15) is 11.6 Å². The van der Waals surface area contributed by atoms with Crippen LogP contribution in [0, 0.1) is 18.7 Å². The van der Waals surface area contributed by atoms with E-state index in [0.29, 0.717) is 31.0 Å². The molecule has 7 heteroatoms. The van der Waals surface area contributed by atoms with Gasteiger partial charge in [-0.1, -0.05) is 5.16 Å². The molecule has 2 heterocycles. The second-order valence-corrected chi connectivity index (χ2v) is 5.79. The van der Waals surface area contributed by atoms with E-state index >= 15 is 0 Å². The van der Waals surface area contributed by atoms with Crippen molar-refractivity contribution >= 4 is 11.9 Å². The molecule has 1 aliphatic carbocycles. The normalized spacial score (nSPS) is 25.5. The molecule has 1 fully saturated rings. The van der Waals surface area contributed by atoms with Crippen molar-refractivity contribution in [3.8, 4) is 5.75 Å². The zero-order valence-electron chi connectivity index (χ0n) is 11.9. The molecule has 2 aromatic rings. The molecular weight excluding hydrogens is 289 g/mol. The van der Waals surface area contributed by atoms with E-state index < -0.39 is 0 Å². The minimum absolute atomic E-state index is 0.0936. The Balaban J connectivity index is 1.58. The molecule has 2 atom stereocenters. The topological polar surface area (TPSA) is 77.2 Å². The highest BCUT2D eigenvalue weighted by molar-refractivity contribution is 5.94. The van der Waals surface area contributed by atoms with Crippen molar-refractivity contribution in [1.29, 1.82) is 0 Å². The number of aromatic nitrogens is 2. The van der Waals surface area contributed by atoms with Gasteiger partial charge >= 0.3 is 6.01 Å². The Kier molecular flexibility index (Phi) is 2.72. The smallest absolute Gasteiger partial charge is 0.328 e. The average molecular weight is 303 g/mol. The molecule has 0 radical (unpaired) electrons. The van der Waals surface area contributed by atoms with Gasteiger partial charge in [-0.2, -0.15) is 4.98 Å². The van der Waals surface area contributed by atoms with Crippen LogP contribution in [0.25, 0.3) is 0 Å². The fourth-order valence-corrected chi connectivity index (χ4v) is 3.26. The molecule has 114 valence electrons. The zero-order chi connectivity index (χ0) is 15.3. The quantitative estimate of drug-likeness (QED) is 0.920. The summed E-state index contributed by atoms with van der Waals surface area (Å²) < 4.78 is 24.0. The summed E-state index contributed by atoms with van der Waals surface area (Å²) in [6, 6.07) is 4.56. The van der Waals surface area contributed by atoms with E-state index in [9.17, 15) is 9.18 Å². The molecule has 1 aliphatic heterocycles. The molecule has 4 rings (SSSR count). The molecule has 0 bridgehead atoms. The van der Waals surface area contributed by atoms with Crippen LogP contribution in [0.15, 0.2) is 22.7 Å². The monoisotopic (exact) mass is 303 g/mol. The molecule has 1 spiro atoms. The third-order valence-electron chi connectivity index (χ3n) is 4.43. The predicted octanol–water partition coefficient (Wildman–Crippen LogP) is 2.20. The van der Waals surface area contributed by atoms with Gasteiger partial charge in [0.2, 0.25) is 5.91 Å². The first-order valence-corrected chi connectivity index (χ1v) is 7.12. The van der Waals surface area contributed by atoms with E-state index in [2.05, 4.69) is 15.5 Å². The van der Waals surface area contributed by atoms with Crippen LogP contribution in [0.1, 0.15) is 24.2 Å². The van der Waals surface area contributed by atoms with Crippen LogP contribution < -0.4 is 10.1 Å². The van der Waals surface area contributed by atoms with Crippen molar-refractivity contribution in [2.45, 2.75) is 25.2 Å². The number of ether oxygens (including phenoxy) is 1. The maximum Gasteiger partial charge on any atom is 0.328 e. The van der Waals surface area contributed by atoms with Crippen LogP contribution >= 0.6 is 0 Å². The van der Waals surface area contributed by atoms with Gasteiger partial charge in [0, 0.05) is 16.9 Å². The second-order valence-electron chi connectivity index (χ2n) is 5.79. The molecule has 0 unspecified atom stereocenters. The van der Waals surface area contributed by atoms with Crippen LogP contribution in [-0.2, 0) is 10.2 Å². The van der Waals surface area contributed by atoms with Gasteiger partial charge in [0.05, 0.1) is 6.61 Å². The molecule has 22 heavy (non-hydrogen) atoms. The lowest BCUT2D eigenvalue weighted by Gasteiger charge is -2.26. The van der Waals surface area contributed by atoms with Crippen molar-refractivity contribution in [2.24, 2.45) is 5.92 Å². The predicted molar refractivity (Wildman–Crippen MR) is 74.0 cm³/mol. The summed E-state index contributed by atoms with van der Waals surface area (Å²) in [4.78, 5) is 16.3. The summed E-state index contributed by atoms with van der Waals surface area (Å²) in [7, 11) is 0. The number of halogens is 1. The number of hydrogen-bond donors (Lipinski definition) is 1. The summed E-state index contributed by atoms with van der Waals surface area (Å²) in [6.45, 7) is 2.21. The number of rotatable bonds is 2. The van der Waals surface area contributed by atoms with Crippen molar-refractivity contribution in [2.75, 3.05) is 11.9 Å². The van der Waals surface area contributed by atoms with E-state index in [1.807, 2.05) is 0 Å². The second kappa shape index (κ2) is 4.53. The van der Waals surface area contributed by atoms with E-state index in [1.165, 1.54) is 12.1 Å². The number of benzene rings is 1. The first kappa shape index (κ1) is 13.2. The molecule has 0 saturated heterocycles. The van der Waals surface area contributed by atoms with Crippen LogP contribution in [0.2, 0.25) is 0 Å². The number of hydrogen-bond acceptors (Lipinski definition) is 5. The van der Waals surface area contributed by atoms with E-state index in [0.717, 1.165) is 5.56 Å². The molecule has 1 N–H and O–H groups in total. The number of anilines is 1. The first-order valence-electron chi connectivity index (χ1n) is 7.12. The summed E-state index contributed by atoms with van der Waals surface area (Å²) in [5, 5.41) is 6.26. The maximum absolute atomic E-state index is 13.6. The summed E-state index contributed by atoms with van der Waals surface area (Å²) in [6.07, 6.45) is 1.37. The van der Waals surface area contributed by atoms with Crippen molar-refractivity contribution in [3.05, 3.63) is 35.4 Å². The Morgan fingerprint density at radius 1 is 1.50 bits per heavy atom. The van der Waals surface area contributed by atoms with Crippen LogP contribution in [-0.4, -0.2) is 22.7 Å². The summed E-state index contributed by atoms with van der Waals surface area (Å²) >= 11 is 0. The minimum Gasteiger partial charge on any atom is -0.493 e. The standard InChI is InChI=1S/C15H14FN3O3/c1-8-17-14(22-19-8)18-13(20)11-7-15(11)4-5-21-12-3-2-9(16)6-10(12)15/h2-3,6,11H,4-5,7H2,1H3,(H,17,18,19,20)/t11-,15-/m1/s1. The van der Waals surface area contributed by atoms with Gasteiger partial charge in [-0.15, -0.1) is 0 Å². The zero-order valence-corrected chi connectivity index (χ0v) is 11.9. The lowest BCUT2D eigenvalue weighted by atomic mass is 9.87. The maximum atomic E-state index is 13.6. The molecule has 1 aromatic heterocycles. The summed E-state index contributed by atoms with van der Waals surface area (Å²) in [5.74, 6) is 0.392. The van der Waals surface area contributed by atoms with E-state index in [4.69, 9.17) is 9.26 Å². The highest BCUT2D eigenvalue weighted by Crippen LogP contribution is 2.61. The number of amides is 1. The SMILES string of the molecule is Cc1noc(NC(=O)[C@H]2C[C@@]23CCOc2ccc(F)cc23)n1. The van der Waals surface area contributed by atoms with Gasteiger partial charge in [0.15, 0.2) is 5.82 Å². The Morgan fingerprint density at radius 2 is 2.36 bits per heavy atom. The molecule has 1 amide bonds. The number of nitrogens with zero attached hydrogens (tertiary/aromatic N) is 2. The lowest BCUT2D eigenvalue weighted by molar-refractivity contribution is -0.118. The minimum atomic E-state index is -0.338. The lowest BCUT2D eigenvalue weighted by Crippen LogP contribution is -2.26. The van der Waals surface area contributed by atoms with Crippen LogP contribution in [0.5, 0.6) is 5.75 Å². The van der Waals surface area contributed by atoms with E-state index in [-0.39, 0.29) is 29.1 Å². The highest BCUT2D eigenvalue weighted by atomic mass is 19.1. The van der Waals surface area contributed by atoms with Gasteiger partial charge in [-0.3, -0.25) is 10.1 Å². The Hall–Kier alpha value is -2.44. The number of carbonyl (C=O) groups is 1. The molecular formula is C15H14FN3O3. The average Bonchev–Trinajstić information content (AvgIpc) is 3.07. The van der Waals surface area contributed by atoms with Gasteiger partial charge in [0.25, 0.3) is 0 Å². The van der Waals surface area contributed by atoms with Crippen molar-refractivity contribution in [3.63, 3.8) is 0 Å². The molecule has 1 saturated carbocycles. The number of aryl methyl sites for hydroxylation is 1. The largest absolute Gasteiger partial charge is 0.493 e. The Labute approximate surface area is 125 Å². The van der Waals surface area contributed by atoms with Crippen LogP contribution in [0.4, 0.5) is 10.4 Å². The number of nitrogens with one attached hydrogen (secondary N) is 1. The third-order valence-corrected chi connectivity index (χ3v) is 4.43. The van der Waals surface area contributed by atoms with Crippen molar-refractivity contribution < 1.29 is 18.4 Å². The van der Waals surface area contributed by atoms with Crippen LogP contribution in [0.3, 0.4) is 0 Å². The molecule has 6 nitrogen and oxygen atoms in total. The summed E-state index contributed by atoms with van der Waals surface area (Å²) in [5.41, 5.74) is 0.440. The van der Waals surface area contributed by atoms with Gasteiger partial charge < -0.3 is 9.26 Å². The fraction of sp³-hybridized carbons (Fsp3) is 0.400. The molecule has 2 aliphatic rings. The Morgan fingerprint density at radius 3 is 3.14 bits per heavy atom. The van der Waals surface area contributed by atoms with E-state index in [1.54, 1.807) is 13.0 Å². The number of carbonyl (C=O) groups excluding carboxylic acids is 1. The highest BCUT2D eigenvalue weighted by Gasteiger charge is 2.61. The van der Waals surface area contributed by atoms with Crippen molar-refractivity contribution in [1.82, 2.24) is 10.1 Å². The molecule has 1 aromatic carbocycles. The van der Waals surface area contributed by atoms with Gasteiger partial charge in [-0.25, -0.2) is 4.39 Å². The number of fused-ring (bicyclic) bond motifs is 2. The first-order chi connectivity index (χ1) is 10.6. The Bertz CT molecular complexity index is 760. The fourth-order valence-electron chi connectivity index (χ4n) is 3.26. The third kappa shape index (κ3) is 1.96.